The molecular weight excluding hydrogens is 336 g/mol. The van der Waals surface area contributed by atoms with E-state index in [1.54, 1.807) is 13.8 Å². The van der Waals surface area contributed by atoms with Crippen molar-refractivity contribution in [2.75, 3.05) is 26.3 Å². The van der Waals surface area contributed by atoms with Crippen LogP contribution in [0.3, 0.4) is 0 Å². The van der Waals surface area contributed by atoms with Gasteiger partial charge >= 0.3 is 18.0 Å². The minimum atomic E-state index is -0.364. The number of nitrogens with one attached hydrogen (secondary N) is 2. The van der Waals surface area contributed by atoms with Crippen molar-refractivity contribution in [3.8, 4) is 0 Å². The van der Waals surface area contributed by atoms with Crippen LogP contribution in [0.15, 0.2) is 24.3 Å². The summed E-state index contributed by atoms with van der Waals surface area (Å²) in [5, 5.41) is 5.56. The van der Waals surface area contributed by atoms with Crippen molar-refractivity contribution in [1.29, 1.82) is 0 Å². The predicted octanol–water partition coefficient (Wildman–Crippen LogP) is 2.86. The third-order valence-electron chi connectivity index (χ3n) is 3.38. The van der Waals surface area contributed by atoms with Crippen LogP contribution in [0.25, 0.3) is 0 Å². The topological polar surface area (TPSA) is 93.7 Å². The average molecular weight is 368 g/mol. The first-order chi connectivity index (χ1) is 12.3. The lowest BCUT2D eigenvalue weighted by atomic mass is 10.2. The Bertz CT molecular complexity index is 446. The summed E-state index contributed by atoms with van der Waals surface area (Å²) in [7, 11) is 0. The second-order valence-corrected chi connectivity index (χ2v) is 6.14. The molecule has 0 heterocycles. The summed E-state index contributed by atoms with van der Waals surface area (Å²) in [4.78, 5) is 33.9. The molecule has 0 aliphatic rings. The molecule has 0 aliphatic carbocycles. The minimum Gasteiger partial charge on any atom is -0.462 e. The highest BCUT2D eigenvalue weighted by molar-refractivity contribution is 5.87. The van der Waals surface area contributed by atoms with Gasteiger partial charge in [-0.1, -0.05) is 13.2 Å². The summed E-state index contributed by atoms with van der Waals surface area (Å²) in [5.74, 6) is -0.729. The van der Waals surface area contributed by atoms with Crippen molar-refractivity contribution in [2.45, 2.75) is 52.4 Å². The summed E-state index contributed by atoms with van der Waals surface area (Å²) in [6.45, 7) is 12.2. The van der Waals surface area contributed by atoms with Crippen molar-refractivity contribution in [2.24, 2.45) is 0 Å². The Morgan fingerprint density at radius 2 is 1.08 bits per heavy atom. The van der Waals surface area contributed by atoms with Gasteiger partial charge in [-0.05, 0) is 52.4 Å². The Kier molecular flexibility index (Phi) is 13.7. The molecule has 0 saturated heterocycles. The lowest BCUT2D eigenvalue weighted by Gasteiger charge is -2.08. The summed E-state index contributed by atoms with van der Waals surface area (Å²) in [6.07, 6.45) is 4.91. The molecule has 26 heavy (non-hydrogen) atoms. The third-order valence-corrected chi connectivity index (χ3v) is 3.38. The van der Waals surface area contributed by atoms with Gasteiger partial charge in [0.25, 0.3) is 0 Å². The number of hydrogen-bond acceptors (Lipinski definition) is 5. The monoisotopic (exact) mass is 368 g/mol. The van der Waals surface area contributed by atoms with Crippen LogP contribution in [0.4, 0.5) is 4.79 Å². The highest BCUT2D eigenvalue weighted by Gasteiger charge is 2.03. The molecular formula is C19H32N2O5. The van der Waals surface area contributed by atoms with E-state index in [2.05, 4.69) is 23.8 Å². The molecule has 7 heteroatoms. The van der Waals surface area contributed by atoms with Gasteiger partial charge in [0.2, 0.25) is 0 Å². The Morgan fingerprint density at radius 3 is 1.42 bits per heavy atom. The predicted molar refractivity (Wildman–Crippen MR) is 101 cm³/mol. The van der Waals surface area contributed by atoms with E-state index >= 15 is 0 Å². The molecule has 0 radical (unpaired) electrons. The van der Waals surface area contributed by atoms with E-state index in [4.69, 9.17) is 9.47 Å². The first-order valence-electron chi connectivity index (χ1n) is 9.01. The Balaban J connectivity index is 3.37. The van der Waals surface area contributed by atoms with E-state index in [1.165, 1.54) is 0 Å². The molecule has 148 valence electrons. The molecule has 0 fully saturated rings. The third kappa shape index (κ3) is 14.1. The molecule has 0 rings (SSSR count). The smallest absolute Gasteiger partial charge is 0.333 e. The van der Waals surface area contributed by atoms with Crippen molar-refractivity contribution >= 4 is 18.0 Å². The van der Waals surface area contributed by atoms with Crippen molar-refractivity contribution in [1.82, 2.24) is 10.6 Å². The van der Waals surface area contributed by atoms with Crippen LogP contribution >= 0.6 is 0 Å². The zero-order valence-corrected chi connectivity index (χ0v) is 16.0. The quantitative estimate of drug-likeness (QED) is 0.279. The first kappa shape index (κ1) is 23.7. The van der Waals surface area contributed by atoms with E-state index in [9.17, 15) is 14.4 Å². The van der Waals surface area contributed by atoms with Gasteiger partial charge in [0.05, 0.1) is 13.2 Å². The number of rotatable bonds is 14. The maximum atomic E-state index is 11.6. The van der Waals surface area contributed by atoms with E-state index < -0.39 is 0 Å². The molecule has 2 N–H and O–H groups in total. The molecule has 2 amide bonds. The van der Waals surface area contributed by atoms with Crippen LogP contribution < -0.4 is 10.6 Å². The van der Waals surface area contributed by atoms with Gasteiger partial charge < -0.3 is 20.1 Å². The van der Waals surface area contributed by atoms with Gasteiger partial charge in [-0.25, -0.2) is 14.4 Å². The van der Waals surface area contributed by atoms with E-state index in [0.717, 1.165) is 38.5 Å². The highest BCUT2D eigenvalue weighted by atomic mass is 16.5. The van der Waals surface area contributed by atoms with Crippen molar-refractivity contribution < 1.29 is 23.9 Å². The Labute approximate surface area is 156 Å². The average Bonchev–Trinajstić information content (AvgIpc) is 2.59. The van der Waals surface area contributed by atoms with E-state index in [1.807, 2.05) is 0 Å². The number of amides is 2. The van der Waals surface area contributed by atoms with Gasteiger partial charge in [0.15, 0.2) is 0 Å². The first-order valence-corrected chi connectivity index (χ1v) is 9.01. The van der Waals surface area contributed by atoms with E-state index in [0.29, 0.717) is 37.4 Å². The second kappa shape index (κ2) is 15.0. The second-order valence-electron chi connectivity index (χ2n) is 6.14. The zero-order chi connectivity index (χ0) is 19.8. The Hall–Kier alpha value is -2.31. The minimum absolute atomic E-state index is 0.188. The standard InChI is InChI=1S/C19H32N2O5/c1-15(2)17(22)25-13-9-5-7-11-20-19(24)21-12-8-6-10-14-26-18(23)16(3)4/h1,3,5-14H2,2,4H3,(H2,20,21,24). The Morgan fingerprint density at radius 1 is 0.692 bits per heavy atom. The number of carbonyl (C=O) groups excluding carboxylic acids is 3. The van der Waals surface area contributed by atoms with Gasteiger partial charge in [0.1, 0.15) is 0 Å². The number of urea groups is 1. The number of hydrogen-bond donors (Lipinski definition) is 2. The van der Waals surface area contributed by atoms with Crippen LogP contribution in [0.1, 0.15) is 52.4 Å². The fourth-order valence-corrected chi connectivity index (χ4v) is 1.85. The summed E-state index contributed by atoms with van der Waals surface area (Å²) >= 11 is 0. The molecule has 7 nitrogen and oxygen atoms in total. The van der Waals surface area contributed by atoms with Crippen LogP contribution in [0.5, 0.6) is 0 Å². The fraction of sp³-hybridized carbons (Fsp3) is 0.632. The molecule has 0 atom stereocenters. The van der Waals surface area contributed by atoms with Gasteiger partial charge in [0, 0.05) is 24.2 Å². The van der Waals surface area contributed by atoms with E-state index in [-0.39, 0.29) is 18.0 Å². The normalized spacial score (nSPS) is 9.92. The van der Waals surface area contributed by atoms with Gasteiger partial charge in [-0.3, -0.25) is 0 Å². The van der Waals surface area contributed by atoms with Crippen molar-refractivity contribution in [3.63, 3.8) is 0 Å². The molecule has 0 aromatic heterocycles. The molecule has 0 spiro atoms. The number of esters is 2. The maximum Gasteiger partial charge on any atom is 0.333 e. The van der Waals surface area contributed by atoms with Crippen LogP contribution in [0, 0.1) is 0 Å². The summed E-state index contributed by atoms with van der Waals surface area (Å²) in [5.41, 5.74) is 0.799. The molecule has 0 saturated carbocycles. The van der Waals surface area contributed by atoms with Crippen LogP contribution in [-0.4, -0.2) is 44.3 Å². The lowest BCUT2D eigenvalue weighted by molar-refractivity contribution is -0.139. The SMILES string of the molecule is C=C(C)C(=O)OCCCCCNC(=O)NCCCCCOC(=O)C(=C)C. The maximum absolute atomic E-state index is 11.6. The fourth-order valence-electron chi connectivity index (χ4n) is 1.85. The van der Waals surface area contributed by atoms with Crippen LogP contribution in [0.2, 0.25) is 0 Å². The molecule has 0 bridgehead atoms. The largest absolute Gasteiger partial charge is 0.462 e. The number of carbonyl (C=O) groups is 3. The summed E-state index contributed by atoms with van der Waals surface area (Å²) in [6, 6.07) is -0.188. The highest BCUT2D eigenvalue weighted by Crippen LogP contribution is 1.99. The van der Waals surface area contributed by atoms with Crippen LogP contribution in [-0.2, 0) is 19.1 Å². The number of unbranched alkanes of at least 4 members (excludes halogenated alkanes) is 4. The van der Waals surface area contributed by atoms with Gasteiger partial charge in [-0.2, -0.15) is 0 Å². The summed E-state index contributed by atoms with van der Waals surface area (Å²) < 4.78 is 9.96. The zero-order valence-electron chi connectivity index (χ0n) is 16.0. The molecule has 0 aromatic rings. The molecule has 0 aliphatic heterocycles. The molecule has 0 aromatic carbocycles. The number of ether oxygens (including phenoxy) is 2. The lowest BCUT2D eigenvalue weighted by Crippen LogP contribution is -2.36. The van der Waals surface area contributed by atoms with Gasteiger partial charge in [-0.15, -0.1) is 0 Å². The van der Waals surface area contributed by atoms with Crippen molar-refractivity contribution in [3.05, 3.63) is 24.3 Å². The molecule has 0 unspecified atom stereocenters.